The third kappa shape index (κ3) is 11.0. The van der Waals surface area contributed by atoms with Crippen molar-refractivity contribution in [2.45, 2.75) is 39.5 Å². The quantitative estimate of drug-likeness (QED) is 0.724. The maximum absolute atomic E-state index is 10.2. The fourth-order valence-corrected chi connectivity index (χ4v) is 1.66. The van der Waals surface area contributed by atoms with Crippen molar-refractivity contribution in [3.05, 3.63) is 71.8 Å². The lowest BCUT2D eigenvalue weighted by Gasteiger charge is -1.88. The maximum atomic E-state index is 10.2. The van der Waals surface area contributed by atoms with E-state index in [9.17, 15) is 9.59 Å². The molecule has 0 saturated carbocycles. The highest BCUT2D eigenvalue weighted by Crippen LogP contribution is 1.97. The van der Waals surface area contributed by atoms with Gasteiger partial charge in [0.05, 0.1) is 11.1 Å². The molecule has 4 nitrogen and oxygen atoms in total. The van der Waals surface area contributed by atoms with Crippen LogP contribution >= 0.6 is 0 Å². The van der Waals surface area contributed by atoms with Gasteiger partial charge in [0.1, 0.15) is 0 Å². The summed E-state index contributed by atoms with van der Waals surface area (Å²) in [6.07, 6.45) is 5.54. The Labute approximate surface area is 143 Å². The van der Waals surface area contributed by atoms with Crippen LogP contribution in [0.1, 0.15) is 60.2 Å². The van der Waals surface area contributed by atoms with Crippen molar-refractivity contribution in [1.29, 1.82) is 0 Å². The number of carbonyl (C=O) groups is 2. The molecular formula is C20H26O4. The topological polar surface area (TPSA) is 74.6 Å². The second kappa shape index (κ2) is 14.0. The molecule has 0 aliphatic rings. The lowest BCUT2D eigenvalue weighted by Crippen LogP contribution is -1.93. The third-order valence-corrected chi connectivity index (χ3v) is 3.00. The first kappa shape index (κ1) is 21.4. The van der Waals surface area contributed by atoms with Crippen molar-refractivity contribution in [2.75, 3.05) is 0 Å². The molecule has 0 aliphatic heterocycles. The summed E-state index contributed by atoms with van der Waals surface area (Å²) in [6.45, 7) is 4.46. The summed E-state index contributed by atoms with van der Waals surface area (Å²) in [5.74, 6) is -1.76. The van der Waals surface area contributed by atoms with Gasteiger partial charge in [0.25, 0.3) is 0 Å². The van der Waals surface area contributed by atoms with Crippen molar-refractivity contribution in [1.82, 2.24) is 0 Å². The SMILES string of the molecule is CCCCCC.O=C(O)c1ccccc1.O=C(O)c1ccccc1. The van der Waals surface area contributed by atoms with E-state index in [1.54, 1.807) is 60.7 Å². The molecule has 2 N–H and O–H groups in total. The van der Waals surface area contributed by atoms with Crippen LogP contribution in [0.2, 0.25) is 0 Å². The largest absolute Gasteiger partial charge is 0.478 e. The molecule has 0 atom stereocenters. The van der Waals surface area contributed by atoms with Crippen molar-refractivity contribution in [3.63, 3.8) is 0 Å². The highest BCUT2D eigenvalue weighted by atomic mass is 16.4. The number of hydrogen-bond acceptors (Lipinski definition) is 2. The Morgan fingerprint density at radius 3 is 1.12 bits per heavy atom. The Balaban J connectivity index is 0.000000340. The molecule has 2 aromatic rings. The van der Waals surface area contributed by atoms with Crippen molar-refractivity contribution >= 4 is 11.9 Å². The molecule has 24 heavy (non-hydrogen) atoms. The second-order valence-electron chi connectivity index (χ2n) is 5.05. The predicted octanol–water partition coefficient (Wildman–Crippen LogP) is 5.36. The van der Waals surface area contributed by atoms with Crippen molar-refractivity contribution < 1.29 is 19.8 Å². The van der Waals surface area contributed by atoms with Gasteiger partial charge in [-0.25, -0.2) is 9.59 Å². The zero-order chi connectivity index (χ0) is 18.2. The van der Waals surface area contributed by atoms with Gasteiger partial charge in [-0.3, -0.25) is 0 Å². The van der Waals surface area contributed by atoms with Crippen LogP contribution in [0.5, 0.6) is 0 Å². The lowest BCUT2D eigenvalue weighted by molar-refractivity contribution is 0.0686. The fraction of sp³-hybridized carbons (Fsp3) is 0.300. The minimum absolute atomic E-state index is 0.331. The summed E-state index contributed by atoms with van der Waals surface area (Å²) < 4.78 is 0. The number of rotatable bonds is 5. The number of benzene rings is 2. The number of aromatic carboxylic acids is 2. The number of carboxylic acids is 2. The standard InChI is InChI=1S/2C7H6O2.C6H14/c2*8-7(9)6-4-2-1-3-5-6;1-3-5-6-4-2/h2*1-5H,(H,8,9);3-6H2,1-2H3. The van der Waals surface area contributed by atoms with Crippen LogP contribution in [0.4, 0.5) is 0 Å². The highest BCUT2D eigenvalue weighted by Gasteiger charge is 1.97. The molecule has 0 amide bonds. The van der Waals surface area contributed by atoms with Crippen LogP contribution in [-0.2, 0) is 0 Å². The number of carboxylic acid groups (broad SMARTS) is 2. The minimum atomic E-state index is -0.879. The smallest absolute Gasteiger partial charge is 0.335 e. The van der Waals surface area contributed by atoms with E-state index in [4.69, 9.17) is 10.2 Å². The zero-order valence-corrected chi connectivity index (χ0v) is 14.3. The first-order valence-electron chi connectivity index (χ1n) is 8.09. The molecular weight excluding hydrogens is 304 g/mol. The lowest BCUT2D eigenvalue weighted by atomic mass is 10.2. The van der Waals surface area contributed by atoms with Gasteiger partial charge < -0.3 is 10.2 Å². The highest BCUT2D eigenvalue weighted by molar-refractivity contribution is 5.87. The average molecular weight is 330 g/mol. The van der Waals surface area contributed by atoms with E-state index in [2.05, 4.69) is 13.8 Å². The first-order valence-corrected chi connectivity index (χ1v) is 8.09. The monoisotopic (exact) mass is 330 g/mol. The van der Waals surface area contributed by atoms with Crippen molar-refractivity contribution in [2.24, 2.45) is 0 Å². The minimum Gasteiger partial charge on any atom is -0.478 e. The molecule has 0 saturated heterocycles. The Hall–Kier alpha value is -2.62. The average Bonchev–Trinajstić information content (AvgIpc) is 2.62. The van der Waals surface area contributed by atoms with Crippen LogP contribution in [-0.4, -0.2) is 22.2 Å². The van der Waals surface area contributed by atoms with E-state index in [-0.39, 0.29) is 0 Å². The van der Waals surface area contributed by atoms with Crippen LogP contribution in [0.3, 0.4) is 0 Å². The molecule has 2 rings (SSSR count). The molecule has 0 aliphatic carbocycles. The molecule has 130 valence electrons. The Kier molecular flexibility index (Phi) is 12.5. The van der Waals surface area contributed by atoms with E-state index < -0.39 is 11.9 Å². The van der Waals surface area contributed by atoms with Crippen LogP contribution in [0.15, 0.2) is 60.7 Å². The molecule has 0 fully saturated rings. The molecule has 0 spiro atoms. The molecule has 4 heteroatoms. The van der Waals surface area contributed by atoms with Gasteiger partial charge in [-0.15, -0.1) is 0 Å². The molecule has 0 bridgehead atoms. The van der Waals surface area contributed by atoms with Crippen LogP contribution in [0.25, 0.3) is 0 Å². The number of hydrogen-bond donors (Lipinski definition) is 2. The van der Waals surface area contributed by atoms with Gasteiger partial charge in [0, 0.05) is 0 Å². The van der Waals surface area contributed by atoms with Crippen molar-refractivity contribution in [3.8, 4) is 0 Å². The van der Waals surface area contributed by atoms with E-state index in [1.807, 2.05) is 0 Å². The van der Waals surface area contributed by atoms with Gasteiger partial charge >= 0.3 is 11.9 Å². The van der Waals surface area contributed by atoms with E-state index in [0.717, 1.165) is 0 Å². The Bertz CT molecular complexity index is 511. The van der Waals surface area contributed by atoms with E-state index in [1.165, 1.54) is 25.7 Å². The fourth-order valence-electron chi connectivity index (χ4n) is 1.66. The normalized spacial score (nSPS) is 8.92. The summed E-state index contributed by atoms with van der Waals surface area (Å²) in [5, 5.41) is 16.8. The van der Waals surface area contributed by atoms with Gasteiger partial charge in [0.2, 0.25) is 0 Å². The Morgan fingerprint density at radius 2 is 0.958 bits per heavy atom. The molecule has 2 aromatic carbocycles. The van der Waals surface area contributed by atoms with Gasteiger partial charge in [-0.2, -0.15) is 0 Å². The molecule has 0 radical (unpaired) electrons. The van der Waals surface area contributed by atoms with Crippen LogP contribution in [0, 0.1) is 0 Å². The molecule has 0 heterocycles. The Morgan fingerprint density at radius 1 is 0.667 bits per heavy atom. The molecule has 0 aromatic heterocycles. The summed E-state index contributed by atoms with van der Waals surface area (Å²) in [6, 6.07) is 16.6. The second-order valence-corrected chi connectivity index (χ2v) is 5.05. The summed E-state index contributed by atoms with van der Waals surface area (Å²) in [5.41, 5.74) is 0.662. The third-order valence-electron chi connectivity index (χ3n) is 3.00. The van der Waals surface area contributed by atoms with Gasteiger partial charge in [-0.05, 0) is 24.3 Å². The van der Waals surface area contributed by atoms with Gasteiger partial charge in [0.15, 0.2) is 0 Å². The maximum Gasteiger partial charge on any atom is 0.335 e. The summed E-state index contributed by atoms with van der Waals surface area (Å²) in [4.78, 5) is 20.4. The first-order chi connectivity index (χ1) is 11.5. The van der Waals surface area contributed by atoms with Gasteiger partial charge in [-0.1, -0.05) is 75.9 Å². The van der Waals surface area contributed by atoms with Crippen LogP contribution < -0.4 is 0 Å². The van der Waals surface area contributed by atoms with E-state index in [0.29, 0.717) is 11.1 Å². The predicted molar refractivity (Wildman–Crippen MR) is 96.6 cm³/mol. The molecule has 0 unspecified atom stereocenters. The number of unbranched alkanes of at least 4 members (excludes halogenated alkanes) is 3. The summed E-state index contributed by atoms with van der Waals surface area (Å²) in [7, 11) is 0. The zero-order valence-electron chi connectivity index (χ0n) is 14.3. The van der Waals surface area contributed by atoms with E-state index >= 15 is 0 Å². The summed E-state index contributed by atoms with van der Waals surface area (Å²) >= 11 is 0.